The summed E-state index contributed by atoms with van der Waals surface area (Å²) >= 11 is 0. The fourth-order valence-electron chi connectivity index (χ4n) is 2.17. The molecule has 3 heteroatoms. The number of nitrogens with zero attached hydrogens (tertiary/aromatic N) is 2. The number of hydrazone groups is 1. The molecule has 0 N–H and O–H groups in total. The normalized spacial score (nSPS) is 23.4. The summed E-state index contributed by atoms with van der Waals surface area (Å²) in [6.07, 6.45) is 8.81. The zero-order chi connectivity index (χ0) is 9.10. The summed E-state index contributed by atoms with van der Waals surface area (Å²) in [6.45, 7) is 0.833. The number of carbonyl (C=O) groups excluding carboxylic acids is 1. The maximum atomic E-state index is 11.2. The van der Waals surface area contributed by atoms with Crippen LogP contribution in [0.3, 0.4) is 0 Å². The van der Waals surface area contributed by atoms with Crippen molar-refractivity contribution in [2.24, 2.45) is 11.0 Å². The lowest BCUT2D eigenvalue weighted by molar-refractivity contribution is -0.128. The molecule has 0 aromatic rings. The number of carbonyl (C=O) groups is 1. The molecule has 2 rings (SSSR count). The highest BCUT2D eigenvalue weighted by Gasteiger charge is 2.20. The van der Waals surface area contributed by atoms with Crippen LogP contribution in [0.2, 0.25) is 0 Å². The second-order valence-electron chi connectivity index (χ2n) is 3.96. The first-order chi connectivity index (χ1) is 6.36. The van der Waals surface area contributed by atoms with E-state index in [2.05, 4.69) is 5.10 Å². The molecule has 1 heterocycles. The van der Waals surface area contributed by atoms with Crippen LogP contribution < -0.4 is 0 Å². The molecule has 1 aliphatic carbocycles. The van der Waals surface area contributed by atoms with Gasteiger partial charge in [-0.2, -0.15) is 5.10 Å². The Morgan fingerprint density at radius 1 is 1.46 bits per heavy atom. The predicted molar refractivity (Wildman–Crippen MR) is 51.4 cm³/mol. The summed E-state index contributed by atoms with van der Waals surface area (Å²) in [6, 6.07) is 0. The van der Waals surface area contributed by atoms with E-state index in [1.807, 2.05) is 0 Å². The molecule has 13 heavy (non-hydrogen) atoms. The van der Waals surface area contributed by atoms with Crippen LogP contribution in [0.4, 0.5) is 0 Å². The molecule has 0 radical (unpaired) electrons. The zero-order valence-electron chi connectivity index (χ0n) is 7.91. The molecule has 72 valence electrons. The minimum absolute atomic E-state index is 0.165. The van der Waals surface area contributed by atoms with Crippen LogP contribution in [0, 0.1) is 5.92 Å². The van der Waals surface area contributed by atoms with Crippen molar-refractivity contribution in [2.75, 3.05) is 6.54 Å². The topological polar surface area (TPSA) is 32.7 Å². The standard InChI is InChI=1S/C10H16N2O/c13-10-5-7-11-12(10)8-6-9-3-1-2-4-9/h7,9H,1-6,8H2. The SMILES string of the molecule is O=C1CC=NN1CCC1CCCC1. The van der Waals surface area contributed by atoms with Gasteiger partial charge in [-0.05, 0) is 12.3 Å². The van der Waals surface area contributed by atoms with Gasteiger partial charge in [-0.15, -0.1) is 0 Å². The summed E-state index contributed by atoms with van der Waals surface area (Å²) in [4.78, 5) is 11.2. The molecular weight excluding hydrogens is 164 g/mol. The first-order valence-electron chi connectivity index (χ1n) is 5.19. The monoisotopic (exact) mass is 180 g/mol. The van der Waals surface area contributed by atoms with Gasteiger partial charge < -0.3 is 0 Å². The lowest BCUT2D eigenvalue weighted by Crippen LogP contribution is -2.23. The highest BCUT2D eigenvalue weighted by atomic mass is 16.2. The maximum absolute atomic E-state index is 11.2. The van der Waals surface area contributed by atoms with E-state index in [9.17, 15) is 4.79 Å². The van der Waals surface area contributed by atoms with Gasteiger partial charge in [-0.3, -0.25) is 4.79 Å². The average Bonchev–Trinajstić information content (AvgIpc) is 2.72. The van der Waals surface area contributed by atoms with E-state index in [0.717, 1.165) is 18.9 Å². The van der Waals surface area contributed by atoms with Crippen LogP contribution in [0.15, 0.2) is 5.10 Å². The quantitative estimate of drug-likeness (QED) is 0.651. The second kappa shape index (κ2) is 3.90. The fraction of sp³-hybridized carbons (Fsp3) is 0.800. The van der Waals surface area contributed by atoms with E-state index in [0.29, 0.717) is 6.42 Å². The summed E-state index contributed by atoms with van der Waals surface area (Å²) < 4.78 is 0. The van der Waals surface area contributed by atoms with Gasteiger partial charge in [0.25, 0.3) is 0 Å². The van der Waals surface area contributed by atoms with E-state index in [4.69, 9.17) is 0 Å². The van der Waals surface area contributed by atoms with Gasteiger partial charge in [0.1, 0.15) is 0 Å². The van der Waals surface area contributed by atoms with Crippen LogP contribution in [0.5, 0.6) is 0 Å². The van der Waals surface area contributed by atoms with Gasteiger partial charge >= 0.3 is 0 Å². The van der Waals surface area contributed by atoms with Crippen molar-refractivity contribution in [3.63, 3.8) is 0 Å². The molecule has 1 aliphatic heterocycles. The van der Waals surface area contributed by atoms with Crippen molar-refractivity contribution in [3.05, 3.63) is 0 Å². The molecule has 1 amide bonds. The molecule has 0 aromatic carbocycles. The van der Waals surface area contributed by atoms with Gasteiger partial charge in [0.2, 0.25) is 5.91 Å². The Hall–Kier alpha value is -0.860. The Bertz CT molecular complexity index is 219. The van der Waals surface area contributed by atoms with E-state index in [1.54, 1.807) is 11.2 Å². The highest BCUT2D eigenvalue weighted by Crippen LogP contribution is 2.27. The Labute approximate surface area is 78.8 Å². The molecule has 3 nitrogen and oxygen atoms in total. The summed E-state index contributed by atoms with van der Waals surface area (Å²) in [5.41, 5.74) is 0. The predicted octanol–water partition coefficient (Wildman–Crippen LogP) is 1.78. The van der Waals surface area contributed by atoms with Gasteiger partial charge in [0.05, 0.1) is 6.42 Å². The van der Waals surface area contributed by atoms with E-state index < -0.39 is 0 Å². The molecule has 0 atom stereocenters. The Balaban J connectivity index is 1.72. The Morgan fingerprint density at radius 3 is 2.85 bits per heavy atom. The van der Waals surface area contributed by atoms with Crippen LogP contribution >= 0.6 is 0 Å². The van der Waals surface area contributed by atoms with Crippen molar-refractivity contribution >= 4 is 12.1 Å². The minimum Gasteiger partial charge on any atom is -0.273 e. The summed E-state index contributed by atoms with van der Waals surface area (Å²) in [7, 11) is 0. The van der Waals surface area contributed by atoms with Gasteiger partial charge in [0.15, 0.2) is 0 Å². The minimum atomic E-state index is 0.165. The molecule has 0 unspecified atom stereocenters. The summed E-state index contributed by atoms with van der Waals surface area (Å²) in [5.74, 6) is 1.02. The van der Waals surface area contributed by atoms with Crippen LogP contribution in [0.1, 0.15) is 38.5 Å². The van der Waals surface area contributed by atoms with Gasteiger partial charge in [0, 0.05) is 12.8 Å². The Morgan fingerprint density at radius 2 is 2.23 bits per heavy atom. The average molecular weight is 180 g/mol. The molecule has 0 spiro atoms. The van der Waals surface area contributed by atoms with Crippen molar-refractivity contribution in [3.8, 4) is 0 Å². The molecular formula is C10H16N2O. The van der Waals surface area contributed by atoms with Crippen LogP contribution in [-0.2, 0) is 4.79 Å². The van der Waals surface area contributed by atoms with Crippen molar-refractivity contribution < 1.29 is 4.79 Å². The lowest BCUT2D eigenvalue weighted by Gasteiger charge is -2.14. The number of rotatable bonds is 3. The third-order valence-corrected chi connectivity index (χ3v) is 3.00. The third-order valence-electron chi connectivity index (χ3n) is 3.00. The molecule has 2 aliphatic rings. The fourth-order valence-corrected chi connectivity index (χ4v) is 2.17. The Kier molecular flexibility index (Phi) is 2.62. The van der Waals surface area contributed by atoms with E-state index in [-0.39, 0.29) is 5.91 Å². The van der Waals surface area contributed by atoms with Crippen LogP contribution in [0.25, 0.3) is 0 Å². The summed E-state index contributed by atoms with van der Waals surface area (Å²) in [5, 5.41) is 5.66. The van der Waals surface area contributed by atoms with E-state index >= 15 is 0 Å². The lowest BCUT2D eigenvalue weighted by atomic mass is 10.0. The highest BCUT2D eigenvalue weighted by molar-refractivity contribution is 5.93. The molecule has 0 aromatic heterocycles. The second-order valence-corrected chi connectivity index (χ2v) is 3.96. The third kappa shape index (κ3) is 2.08. The smallest absolute Gasteiger partial charge is 0.248 e. The van der Waals surface area contributed by atoms with Crippen molar-refractivity contribution in [1.82, 2.24) is 5.01 Å². The first kappa shape index (κ1) is 8.73. The van der Waals surface area contributed by atoms with Crippen molar-refractivity contribution in [2.45, 2.75) is 38.5 Å². The number of amides is 1. The zero-order valence-corrected chi connectivity index (χ0v) is 7.91. The molecule has 0 saturated heterocycles. The van der Waals surface area contributed by atoms with E-state index in [1.165, 1.54) is 25.7 Å². The maximum Gasteiger partial charge on any atom is 0.248 e. The first-order valence-corrected chi connectivity index (χ1v) is 5.19. The molecule has 0 bridgehead atoms. The number of hydrogen-bond acceptors (Lipinski definition) is 2. The van der Waals surface area contributed by atoms with Gasteiger partial charge in [-0.1, -0.05) is 25.7 Å². The molecule has 1 fully saturated rings. The van der Waals surface area contributed by atoms with Crippen LogP contribution in [-0.4, -0.2) is 23.7 Å². The molecule has 1 saturated carbocycles. The number of hydrogen-bond donors (Lipinski definition) is 0. The largest absolute Gasteiger partial charge is 0.273 e. The van der Waals surface area contributed by atoms with Crippen molar-refractivity contribution in [1.29, 1.82) is 0 Å². The van der Waals surface area contributed by atoms with Gasteiger partial charge in [-0.25, -0.2) is 5.01 Å².